The van der Waals surface area contributed by atoms with Gasteiger partial charge >= 0.3 is 11.7 Å². The van der Waals surface area contributed by atoms with E-state index in [0.717, 1.165) is 53.1 Å². The first-order valence-corrected chi connectivity index (χ1v) is 17.8. The Morgan fingerprint density at radius 3 is 2.52 bits per heavy atom. The van der Waals surface area contributed by atoms with Gasteiger partial charge in [0.15, 0.2) is 5.75 Å². The maximum Gasteiger partial charge on any atom is 0.343 e. The Kier molecular flexibility index (Phi) is 11.5. The summed E-state index contributed by atoms with van der Waals surface area (Å²) in [6, 6.07) is 26.4. The standard InChI is InChI=1S/C41H44N6O7/c1-25(53-40-24-37-28(21-36(40)44)6-4-18-46(37)2)45-30-11-17-35(43)39(22-30)52-19-5-7-27-20-29(10-16-34(27)42)41(48)54-32-14-15-33(38(23-32)51-3)26-8-12-31(13-9-26)47(49)50/h8-17,20-25,45H,4-7,18-19,43-44H2,1-3H3,(H2-,42,48,49,50)/p+3. The summed E-state index contributed by atoms with van der Waals surface area (Å²) in [6.45, 7) is 3.38. The minimum Gasteiger partial charge on any atom is -0.496 e. The van der Waals surface area contributed by atoms with E-state index in [0.29, 0.717) is 59.4 Å². The lowest BCUT2D eigenvalue weighted by Crippen LogP contribution is -2.85. The summed E-state index contributed by atoms with van der Waals surface area (Å²) in [5.74, 6) is 1.50. The molecule has 13 nitrogen and oxygen atoms in total. The molecule has 1 unspecified atom stereocenters. The van der Waals surface area contributed by atoms with Crippen molar-refractivity contribution in [2.24, 2.45) is 0 Å². The van der Waals surface area contributed by atoms with Gasteiger partial charge in [-0.1, -0.05) is 0 Å². The smallest absolute Gasteiger partial charge is 0.343 e. The van der Waals surface area contributed by atoms with Crippen LogP contribution >= 0.6 is 0 Å². The van der Waals surface area contributed by atoms with E-state index in [-0.39, 0.29) is 16.8 Å². The molecule has 0 aromatic heterocycles. The number of ether oxygens (including phenoxy) is 4. The summed E-state index contributed by atoms with van der Waals surface area (Å²) >= 11 is 0. The SMILES string of the molecule is COc1cc(OC(=O)c2ccc([NH3+])c(CCCOc3cc([NH2+]C(C)Oc4cc5c(cc4N)CCCN5C)ccc3N)c2)ccc1-c1ccc([N+](=O)O)cc1. The number of nitrogens with two attached hydrogens (primary N) is 3. The Bertz CT molecular complexity index is 2160. The van der Waals surface area contributed by atoms with E-state index in [4.69, 9.17) is 35.6 Å². The van der Waals surface area contributed by atoms with Crippen LogP contribution < -0.4 is 46.4 Å². The van der Waals surface area contributed by atoms with Crippen LogP contribution in [0.2, 0.25) is 0 Å². The van der Waals surface area contributed by atoms with Gasteiger partial charge < -0.3 is 41.0 Å². The number of benzene rings is 5. The Morgan fingerprint density at radius 1 is 0.963 bits per heavy atom. The molecule has 0 bridgehead atoms. The Balaban J connectivity index is 1.03. The molecule has 0 aliphatic carbocycles. The molecule has 1 aliphatic heterocycles. The van der Waals surface area contributed by atoms with Crippen LogP contribution in [0.25, 0.3) is 11.1 Å². The summed E-state index contributed by atoms with van der Waals surface area (Å²) < 4.78 is 23.6. The van der Waals surface area contributed by atoms with Crippen LogP contribution in [-0.4, -0.2) is 49.6 Å². The number of carbonyl (C=O) groups is 1. The van der Waals surface area contributed by atoms with Gasteiger partial charge in [0, 0.05) is 79.8 Å². The second kappa shape index (κ2) is 16.6. The van der Waals surface area contributed by atoms with Crippen LogP contribution in [0.4, 0.5) is 34.1 Å². The topological polar surface area (TPSA) is 194 Å². The van der Waals surface area contributed by atoms with Gasteiger partial charge in [0.05, 0.1) is 35.6 Å². The number of carbonyl (C=O) groups excluding carboxylic acids is 1. The molecule has 13 heteroatoms. The molecule has 1 atom stereocenters. The molecule has 1 aliphatic rings. The Labute approximate surface area is 313 Å². The first-order valence-electron chi connectivity index (χ1n) is 17.8. The van der Waals surface area contributed by atoms with E-state index < -0.39 is 5.97 Å². The predicted octanol–water partition coefficient (Wildman–Crippen LogP) is 5.43. The van der Waals surface area contributed by atoms with Crippen LogP contribution in [0.1, 0.15) is 41.3 Å². The highest BCUT2D eigenvalue weighted by atomic mass is 16.6. The third kappa shape index (κ3) is 8.82. The molecule has 6 rings (SSSR count). The van der Waals surface area contributed by atoms with Gasteiger partial charge in [-0.3, -0.25) is 5.32 Å². The average Bonchev–Trinajstić information content (AvgIpc) is 3.15. The number of nitrogen functional groups attached to an aromatic ring is 2. The number of rotatable bonds is 14. The highest BCUT2D eigenvalue weighted by Gasteiger charge is 2.20. The van der Waals surface area contributed by atoms with E-state index in [1.807, 2.05) is 42.6 Å². The van der Waals surface area contributed by atoms with Crippen molar-refractivity contribution in [3.05, 3.63) is 113 Å². The zero-order valence-electron chi connectivity index (χ0n) is 30.7. The molecule has 0 saturated carbocycles. The summed E-state index contributed by atoms with van der Waals surface area (Å²) in [4.78, 5) is 26.4. The van der Waals surface area contributed by atoms with Crippen LogP contribution in [0.15, 0.2) is 91.0 Å². The number of hydrogen-bond donors (Lipinski definition) is 5. The van der Waals surface area contributed by atoms with Crippen LogP contribution in [-0.2, 0) is 12.8 Å². The minimum atomic E-state index is -0.522. The quantitative estimate of drug-likeness (QED) is 0.0245. The van der Waals surface area contributed by atoms with Crippen molar-refractivity contribution in [1.29, 1.82) is 0 Å². The average molecular weight is 736 g/mol. The van der Waals surface area contributed by atoms with Gasteiger partial charge in [-0.25, -0.2) is 10.0 Å². The first kappa shape index (κ1) is 37.4. The molecule has 0 radical (unpaired) electrons. The van der Waals surface area contributed by atoms with Gasteiger partial charge in [0.1, 0.15) is 28.6 Å². The fraction of sp³-hybridized carbons (Fsp3) is 0.244. The summed E-state index contributed by atoms with van der Waals surface area (Å²) in [5.41, 5.74) is 24.9. The lowest BCUT2D eigenvalue weighted by molar-refractivity contribution is -0.729. The number of hydrogen-bond acceptors (Lipinski definition) is 9. The summed E-state index contributed by atoms with van der Waals surface area (Å²) in [6.07, 6.45) is 3.15. The fourth-order valence-electron chi connectivity index (χ4n) is 6.54. The molecular formula is C41H47N6O7+3. The molecule has 0 saturated heterocycles. The molecular weight excluding hydrogens is 688 g/mol. The van der Waals surface area contributed by atoms with Crippen LogP contribution in [0.3, 0.4) is 0 Å². The third-order valence-electron chi connectivity index (χ3n) is 9.41. The third-order valence-corrected chi connectivity index (χ3v) is 9.41. The first-order chi connectivity index (χ1) is 26.0. The molecule has 1 heterocycles. The molecule has 5 aromatic rings. The van der Waals surface area contributed by atoms with E-state index in [9.17, 15) is 9.70 Å². The van der Waals surface area contributed by atoms with Gasteiger partial charge in [-0.2, -0.15) is 0 Å². The lowest BCUT2D eigenvalue weighted by atomic mass is 10.0. The van der Waals surface area contributed by atoms with E-state index in [2.05, 4.69) is 17.7 Å². The Morgan fingerprint density at radius 2 is 1.76 bits per heavy atom. The second-order valence-corrected chi connectivity index (χ2v) is 13.3. The molecule has 5 aromatic carbocycles. The van der Waals surface area contributed by atoms with Crippen LogP contribution in [0.5, 0.6) is 23.0 Å². The molecule has 0 fully saturated rings. The van der Waals surface area contributed by atoms with Crippen molar-refractivity contribution in [2.45, 2.75) is 38.8 Å². The van der Waals surface area contributed by atoms with Gasteiger partial charge in [-0.05, 0) is 85.3 Å². The molecule has 280 valence electrons. The van der Waals surface area contributed by atoms with Crippen molar-refractivity contribution in [3.63, 3.8) is 0 Å². The van der Waals surface area contributed by atoms with Gasteiger partial charge in [0.2, 0.25) is 6.23 Å². The molecule has 0 spiro atoms. The van der Waals surface area contributed by atoms with Crippen molar-refractivity contribution >= 4 is 40.1 Å². The van der Waals surface area contributed by atoms with Crippen molar-refractivity contribution in [3.8, 4) is 34.1 Å². The lowest BCUT2D eigenvalue weighted by Gasteiger charge is -2.28. The highest BCUT2D eigenvalue weighted by Crippen LogP contribution is 2.36. The summed E-state index contributed by atoms with van der Waals surface area (Å²) in [5, 5.41) is 11.1. The second-order valence-electron chi connectivity index (χ2n) is 13.3. The molecule has 54 heavy (non-hydrogen) atoms. The number of aryl methyl sites for hydroxylation is 2. The van der Waals surface area contributed by atoms with Crippen molar-refractivity contribution in [1.82, 2.24) is 0 Å². The number of anilines is 3. The zero-order chi connectivity index (χ0) is 38.4. The van der Waals surface area contributed by atoms with E-state index in [1.54, 1.807) is 48.5 Å². The number of methoxy groups -OCH3 is 1. The maximum absolute atomic E-state index is 13.2. The number of quaternary nitrogens is 2. The number of nitrogens with zero attached hydrogens (tertiary/aromatic N) is 2. The number of esters is 1. The monoisotopic (exact) mass is 735 g/mol. The zero-order valence-corrected chi connectivity index (χ0v) is 30.7. The molecule has 10 N–H and O–H groups in total. The minimum absolute atomic E-state index is 0.102. The number of fused-ring (bicyclic) bond motifs is 1. The molecule has 0 amide bonds. The van der Waals surface area contributed by atoms with Crippen molar-refractivity contribution < 1.29 is 44.9 Å². The van der Waals surface area contributed by atoms with E-state index >= 15 is 0 Å². The largest absolute Gasteiger partial charge is 0.496 e. The Hall–Kier alpha value is -6.31. The highest BCUT2D eigenvalue weighted by molar-refractivity contribution is 5.92. The van der Waals surface area contributed by atoms with Crippen LogP contribution in [0, 0.1) is 4.91 Å². The maximum atomic E-state index is 13.2. The fourth-order valence-corrected chi connectivity index (χ4v) is 6.54. The normalized spacial score (nSPS) is 12.8. The van der Waals surface area contributed by atoms with Gasteiger partial charge in [-0.15, -0.1) is 0 Å². The predicted molar refractivity (Wildman–Crippen MR) is 206 cm³/mol. The summed E-state index contributed by atoms with van der Waals surface area (Å²) in [7, 11) is 3.60. The van der Waals surface area contributed by atoms with E-state index in [1.165, 1.54) is 24.8 Å². The van der Waals surface area contributed by atoms with Crippen molar-refractivity contribution in [2.75, 3.05) is 43.7 Å². The van der Waals surface area contributed by atoms with Gasteiger partial charge in [0.25, 0.3) is 4.92 Å².